The molecule has 0 radical (unpaired) electrons. The number of nitrogens with zero attached hydrogens (tertiary/aromatic N) is 1. The van der Waals surface area contributed by atoms with Gasteiger partial charge in [0.2, 0.25) is 10.0 Å². The molecule has 0 aliphatic rings. The van der Waals surface area contributed by atoms with Crippen molar-refractivity contribution in [3.63, 3.8) is 0 Å². The van der Waals surface area contributed by atoms with Gasteiger partial charge in [-0.05, 0) is 18.2 Å². The molecule has 23 heavy (non-hydrogen) atoms. The van der Waals surface area contributed by atoms with Crippen molar-refractivity contribution in [2.75, 3.05) is 11.0 Å². The first-order chi connectivity index (χ1) is 10.9. The summed E-state index contributed by atoms with van der Waals surface area (Å²) < 4.78 is 25.1. The van der Waals surface area contributed by atoms with E-state index in [2.05, 4.69) is 9.71 Å². The number of thiazole rings is 1. The Balaban J connectivity index is 1.95. The molecule has 0 saturated heterocycles. The lowest BCUT2D eigenvalue weighted by molar-refractivity contribution is 0.607. The van der Waals surface area contributed by atoms with Crippen LogP contribution in [0.15, 0.2) is 53.9 Å². The van der Waals surface area contributed by atoms with Gasteiger partial charge in [-0.25, -0.2) is 13.4 Å². The maximum absolute atomic E-state index is 11.3. The Morgan fingerprint density at radius 3 is 2.65 bits per heavy atom. The van der Waals surface area contributed by atoms with Gasteiger partial charge < -0.3 is 0 Å². The van der Waals surface area contributed by atoms with Gasteiger partial charge in [0.15, 0.2) is 0 Å². The fourth-order valence-electron chi connectivity index (χ4n) is 2.12. The van der Waals surface area contributed by atoms with Gasteiger partial charge in [0.05, 0.1) is 17.0 Å². The van der Waals surface area contributed by atoms with Gasteiger partial charge in [-0.3, -0.25) is 4.72 Å². The van der Waals surface area contributed by atoms with E-state index in [1.165, 1.54) is 11.3 Å². The topological polar surface area (TPSA) is 59.1 Å². The predicted octanol–water partition coefficient (Wildman–Crippen LogP) is 4.50. The third-order valence-corrected chi connectivity index (χ3v) is 4.88. The number of sulfonamides is 1. The van der Waals surface area contributed by atoms with Crippen molar-refractivity contribution in [1.82, 2.24) is 4.98 Å². The number of hydrogen-bond donors (Lipinski definition) is 1. The Morgan fingerprint density at radius 1 is 1.13 bits per heavy atom. The van der Waals surface area contributed by atoms with E-state index in [9.17, 15) is 8.42 Å². The molecule has 0 fully saturated rings. The van der Waals surface area contributed by atoms with Gasteiger partial charge in [0, 0.05) is 22.2 Å². The van der Waals surface area contributed by atoms with Crippen molar-refractivity contribution in [1.29, 1.82) is 0 Å². The molecule has 0 aliphatic carbocycles. The molecule has 118 valence electrons. The van der Waals surface area contributed by atoms with E-state index in [1.807, 2.05) is 35.7 Å². The fraction of sp³-hybridized carbons (Fsp3) is 0.0625. The van der Waals surface area contributed by atoms with Gasteiger partial charge in [-0.2, -0.15) is 0 Å². The fourth-order valence-corrected chi connectivity index (χ4v) is 3.83. The lowest BCUT2D eigenvalue weighted by Gasteiger charge is -2.05. The normalized spacial score (nSPS) is 11.4. The number of hydrogen-bond acceptors (Lipinski definition) is 4. The molecule has 1 N–H and O–H groups in total. The Hall–Kier alpha value is -1.89. The summed E-state index contributed by atoms with van der Waals surface area (Å²) in [6, 6.07) is 14.7. The van der Waals surface area contributed by atoms with Crippen molar-refractivity contribution in [3.05, 3.63) is 58.9 Å². The van der Waals surface area contributed by atoms with Crippen LogP contribution in [0.25, 0.3) is 21.8 Å². The first-order valence-electron chi connectivity index (χ1n) is 6.71. The number of halogens is 1. The summed E-state index contributed by atoms with van der Waals surface area (Å²) in [5.74, 6) is 0. The highest BCUT2D eigenvalue weighted by atomic mass is 35.5. The highest BCUT2D eigenvalue weighted by molar-refractivity contribution is 7.92. The second kappa shape index (κ2) is 6.31. The van der Waals surface area contributed by atoms with Crippen LogP contribution < -0.4 is 4.72 Å². The molecule has 0 atom stereocenters. The maximum atomic E-state index is 11.3. The summed E-state index contributed by atoms with van der Waals surface area (Å²) in [4.78, 5) is 4.61. The van der Waals surface area contributed by atoms with Crippen LogP contribution in [0, 0.1) is 0 Å². The Bertz CT molecular complexity index is 952. The SMILES string of the molecule is CS(=O)(=O)Nc1cccc(-c2csc(-c3ccccc3Cl)n2)c1. The van der Waals surface area contributed by atoms with Crippen molar-refractivity contribution in [2.24, 2.45) is 0 Å². The molecule has 0 spiro atoms. The van der Waals surface area contributed by atoms with Crippen LogP contribution in [0.5, 0.6) is 0 Å². The minimum absolute atomic E-state index is 0.511. The average Bonchev–Trinajstić information content (AvgIpc) is 2.96. The number of benzene rings is 2. The molecule has 0 bridgehead atoms. The first-order valence-corrected chi connectivity index (χ1v) is 9.86. The Labute approximate surface area is 143 Å². The van der Waals surface area contributed by atoms with Gasteiger partial charge in [-0.1, -0.05) is 41.9 Å². The van der Waals surface area contributed by atoms with Gasteiger partial charge in [0.25, 0.3) is 0 Å². The number of aromatic nitrogens is 1. The zero-order valence-electron chi connectivity index (χ0n) is 12.2. The summed E-state index contributed by atoms with van der Waals surface area (Å²) in [7, 11) is -3.30. The smallest absolute Gasteiger partial charge is 0.229 e. The third-order valence-electron chi connectivity index (χ3n) is 3.07. The molecule has 1 aromatic heterocycles. The van der Waals surface area contributed by atoms with Crippen molar-refractivity contribution in [2.45, 2.75) is 0 Å². The van der Waals surface area contributed by atoms with Crippen LogP contribution in [-0.4, -0.2) is 19.7 Å². The second-order valence-electron chi connectivity index (χ2n) is 4.97. The zero-order valence-corrected chi connectivity index (χ0v) is 14.5. The summed E-state index contributed by atoms with van der Waals surface area (Å²) >= 11 is 7.70. The van der Waals surface area contributed by atoms with E-state index < -0.39 is 10.0 Å². The highest BCUT2D eigenvalue weighted by Gasteiger charge is 2.10. The first kappa shape index (κ1) is 16.0. The van der Waals surface area contributed by atoms with Crippen molar-refractivity contribution < 1.29 is 8.42 Å². The van der Waals surface area contributed by atoms with Gasteiger partial charge in [0.1, 0.15) is 5.01 Å². The number of rotatable bonds is 4. The molecule has 0 amide bonds. The number of nitrogens with one attached hydrogen (secondary N) is 1. The summed E-state index contributed by atoms with van der Waals surface area (Å²) in [6.07, 6.45) is 1.12. The largest absolute Gasteiger partial charge is 0.284 e. The summed E-state index contributed by atoms with van der Waals surface area (Å²) in [5, 5.41) is 3.41. The van der Waals surface area contributed by atoms with E-state index in [4.69, 9.17) is 11.6 Å². The van der Waals surface area contributed by atoms with E-state index in [0.717, 1.165) is 28.1 Å². The highest BCUT2D eigenvalue weighted by Crippen LogP contribution is 2.33. The minimum Gasteiger partial charge on any atom is -0.284 e. The van der Waals surface area contributed by atoms with Crippen molar-refractivity contribution >= 4 is 38.6 Å². The van der Waals surface area contributed by atoms with Crippen LogP contribution in [0.3, 0.4) is 0 Å². The molecule has 2 aromatic carbocycles. The molecule has 3 aromatic rings. The molecule has 3 rings (SSSR count). The molecule has 1 heterocycles. The van der Waals surface area contributed by atoms with Crippen LogP contribution in [-0.2, 0) is 10.0 Å². The Morgan fingerprint density at radius 2 is 1.91 bits per heavy atom. The molecule has 0 aliphatic heterocycles. The molecular weight excluding hydrogens is 352 g/mol. The van der Waals surface area contributed by atoms with E-state index in [-0.39, 0.29) is 0 Å². The van der Waals surface area contributed by atoms with Gasteiger partial charge >= 0.3 is 0 Å². The van der Waals surface area contributed by atoms with Crippen LogP contribution in [0.4, 0.5) is 5.69 Å². The monoisotopic (exact) mass is 364 g/mol. The van der Waals surface area contributed by atoms with E-state index in [0.29, 0.717) is 10.7 Å². The molecule has 0 unspecified atom stereocenters. The van der Waals surface area contributed by atoms with Crippen molar-refractivity contribution in [3.8, 4) is 21.8 Å². The standard InChI is InChI=1S/C16H13ClN2O2S2/c1-23(20,21)19-12-6-4-5-11(9-12)15-10-22-16(18-15)13-7-2-3-8-14(13)17/h2-10,19H,1H3. The molecular formula is C16H13ClN2O2S2. The lowest BCUT2D eigenvalue weighted by Crippen LogP contribution is -2.09. The Kier molecular flexibility index (Phi) is 4.39. The summed E-state index contributed by atoms with van der Waals surface area (Å²) in [5.41, 5.74) is 3.02. The molecule has 0 saturated carbocycles. The van der Waals surface area contributed by atoms with Gasteiger partial charge in [-0.15, -0.1) is 11.3 Å². The van der Waals surface area contributed by atoms with Crippen LogP contribution in [0.1, 0.15) is 0 Å². The summed E-state index contributed by atoms with van der Waals surface area (Å²) in [6.45, 7) is 0. The quantitative estimate of drug-likeness (QED) is 0.741. The second-order valence-corrected chi connectivity index (χ2v) is 7.99. The van der Waals surface area contributed by atoms with E-state index >= 15 is 0 Å². The minimum atomic E-state index is -3.30. The molecule has 7 heteroatoms. The molecule has 4 nitrogen and oxygen atoms in total. The van der Waals surface area contributed by atoms with Crippen LogP contribution in [0.2, 0.25) is 5.02 Å². The van der Waals surface area contributed by atoms with Crippen LogP contribution >= 0.6 is 22.9 Å². The predicted molar refractivity (Wildman–Crippen MR) is 96.5 cm³/mol. The third kappa shape index (κ3) is 3.90. The zero-order chi connectivity index (χ0) is 16.4. The lowest BCUT2D eigenvalue weighted by atomic mass is 10.1. The number of anilines is 1. The van der Waals surface area contributed by atoms with E-state index in [1.54, 1.807) is 18.2 Å². The maximum Gasteiger partial charge on any atom is 0.229 e. The average molecular weight is 365 g/mol.